The summed E-state index contributed by atoms with van der Waals surface area (Å²) in [6.07, 6.45) is 0. The maximum atomic E-state index is 9.60. The molecule has 80 valence electrons. The van der Waals surface area contributed by atoms with Crippen molar-refractivity contribution in [2.75, 3.05) is 0 Å². The lowest BCUT2D eigenvalue weighted by molar-refractivity contribution is -0.190. The summed E-state index contributed by atoms with van der Waals surface area (Å²) in [7, 11) is 0. The van der Waals surface area contributed by atoms with Crippen LogP contribution in [0, 0.1) is 0 Å². The van der Waals surface area contributed by atoms with Crippen LogP contribution in [-0.4, -0.2) is 34.1 Å². The molecular weight excluding hydrogens is 186 g/mol. The molecule has 14 heavy (non-hydrogen) atoms. The highest BCUT2D eigenvalue weighted by molar-refractivity contribution is 5.98. The number of hydrogen-bond acceptors (Lipinski definition) is 8. The third kappa shape index (κ3) is 1.92. The Morgan fingerprint density at radius 3 is 2.14 bits per heavy atom. The molecule has 0 aliphatic carbocycles. The summed E-state index contributed by atoms with van der Waals surface area (Å²) < 4.78 is 0. The van der Waals surface area contributed by atoms with Gasteiger partial charge >= 0.3 is 0 Å². The average molecular weight is 201 g/mol. The molecule has 0 saturated heterocycles. The van der Waals surface area contributed by atoms with E-state index >= 15 is 0 Å². The molecule has 1 aliphatic rings. The largest absolute Gasteiger partial charge is 0.369 e. The van der Waals surface area contributed by atoms with Crippen LogP contribution in [0.3, 0.4) is 0 Å². The van der Waals surface area contributed by atoms with Crippen molar-refractivity contribution >= 4 is 11.9 Å². The molecular formula is C6H15N7O. The van der Waals surface area contributed by atoms with Crippen LogP contribution in [0.25, 0.3) is 0 Å². The van der Waals surface area contributed by atoms with E-state index in [0.717, 1.165) is 5.06 Å². The second-order valence-corrected chi connectivity index (χ2v) is 3.24. The third-order valence-corrected chi connectivity index (χ3v) is 1.65. The van der Waals surface area contributed by atoms with Crippen molar-refractivity contribution in [3.63, 3.8) is 0 Å². The highest BCUT2D eigenvalue weighted by Crippen LogP contribution is 2.14. The fourth-order valence-corrected chi connectivity index (χ4v) is 1.05. The first kappa shape index (κ1) is 10.7. The molecule has 0 aromatic carbocycles. The normalized spacial score (nSPS) is 20.4. The summed E-state index contributed by atoms with van der Waals surface area (Å²) in [6.45, 7) is 3.46. The van der Waals surface area contributed by atoms with Crippen molar-refractivity contribution in [3.05, 3.63) is 0 Å². The minimum absolute atomic E-state index is 0.0136. The van der Waals surface area contributed by atoms with Crippen molar-refractivity contribution in [2.45, 2.75) is 25.8 Å². The molecule has 0 atom stereocenters. The standard InChI is InChI=1S/C6H15N7O/c1-3(2)13(14)6(9)11-4(7)10-5(8)12-6/h3,14H,9H2,1-2H3,(H5,7,8,10,11,12). The first-order chi connectivity index (χ1) is 6.35. The predicted octanol–water partition coefficient (Wildman–Crippen LogP) is -2.11. The van der Waals surface area contributed by atoms with Crippen LogP contribution in [0.4, 0.5) is 0 Å². The van der Waals surface area contributed by atoms with Crippen molar-refractivity contribution < 1.29 is 5.21 Å². The summed E-state index contributed by atoms with van der Waals surface area (Å²) in [5.74, 6) is -1.62. The van der Waals surface area contributed by atoms with E-state index in [9.17, 15) is 5.21 Å². The highest BCUT2D eigenvalue weighted by Gasteiger charge is 2.36. The van der Waals surface area contributed by atoms with Crippen LogP contribution in [-0.2, 0) is 0 Å². The molecule has 8 N–H and O–H groups in total. The zero-order valence-electron chi connectivity index (χ0n) is 8.10. The molecule has 0 spiro atoms. The van der Waals surface area contributed by atoms with Gasteiger partial charge in [-0.05, 0) is 13.8 Å². The van der Waals surface area contributed by atoms with Gasteiger partial charge < -0.3 is 16.7 Å². The van der Waals surface area contributed by atoms with Crippen LogP contribution in [0.2, 0.25) is 0 Å². The predicted molar refractivity (Wildman–Crippen MR) is 52.1 cm³/mol. The third-order valence-electron chi connectivity index (χ3n) is 1.65. The number of aliphatic imine (C=N–C) groups is 2. The second-order valence-electron chi connectivity index (χ2n) is 3.24. The molecule has 1 aliphatic heterocycles. The van der Waals surface area contributed by atoms with E-state index in [1.807, 2.05) is 0 Å². The van der Waals surface area contributed by atoms with E-state index in [-0.39, 0.29) is 18.0 Å². The Balaban J connectivity index is 2.98. The minimum atomic E-state index is -1.65. The molecule has 1 rings (SSSR count). The molecule has 0 saturated carbocycles. The minimum Gasteiger partial charge on any atom is -0.369 e. The Kier molecular flexibility index (Phi) is 2.60. The SMILES string of the molecule is CC(C)N(O)C1(N)N=C(N)NC(N)=N1. The Hall–Kier alpha value is -1.38. The van der Waals surface area contributed by atoms with Gasteiger partial charge in [0.25, 0.3) is 5.91 Å². The summed E-state index contributed by atoms with van der Waals surface area (Å²) >= 11 is 0. The Morgan fingerprint density at radius 2 is 1.79 bits per heavy atom. The molecule has 0 aromatic rings. The van der Waals surface area contributed by atoms with Gasteiger partial charge in [-0.25, -0.2) is 0 Å². The molecule has 0 bridgehead atoms. The monoisotopic (exact) mass is 201 g/mol. The number of nitrogens with zero attached hydrogens (tertiary/aromatic N) is 3. The maximum absolute atomic E-state index is 9.60. The Morgan fingerprint density at radius 1 is 1.36 bits per heavy atom. The zero-order valence-corrected chi connectivity index (χ0v) is 8.10. The van der Waals surface area contributed by atoms with Crippen LogP contribution in [0.1, 0.15) is 13.8 Å². The fourth-order valence-electron chi connectivity index (χ4n) is 1.05. The van der Waals surface area contributed by atoms with Crippen molar-refractivity contribution in [2.24, 2.45) is 27.2 Å². The van der Waals surface area contributed by atoms with Crippen molar-refractivity contribution in [3.8, 4) is 0 Å². The summed E-state index contributed by atoms with van der Waals surface area (Å²) in [5, 5.41) is 12.8. The van der Waals surface area contributed by atoms with Crippen molar-refractivity contribution in [1.82, 2.24) is 10.4 Å². The molecule has 1 heterocycles. The lowest BCUT2D eigenvalue weighted by Gasteiger charge is -2.34. The number of nitrogens with one attached hydrogen (secondary N) is 1. The van der Waals surface area contributed by atoms with E-state index in [2.05, 4.69) is 15.3 Å². The van der Waals surface area contributed by atoms with Gasteiger partial charge in [-0.2, -0.15) is 9.98 Å². The number of nitrogens with two attached hydrogens (primary N) is 3. The van der Waals surface area contributed by atoms with Gasteiger partial charge in [0.15, 0.2) is 11.9 Å². The van der Waals surface area contributed by atoms with Gasteiger partial charge in [0, 0.05) is 6.04 Å². The molecule has 8 heteroatoms. The Labute approximate surface area is 81.4 Å². The van der Waals surface area contributed by atoms with Gasteiger partial charge in [0.05, 0.1) is 0 Å². The molecule has 0 amide bonds. The van der Waals surface area contributed by atoms with E-state index in [1.54, 1.807) is 13.8 Å². The number of hydroxylamine groups is 2. The van der Waals surface area contributed by atoms with E-state index < -0.39 is 5.91 Å². The van der Waals surface area contributed by atoms with Gasteiger partial charge in [0.1, 0.15) is 0 Å². The van der Waals surface area contributed by atoms with Gasteiger partial charge in [0.2, 0.25) is 0 Å². The quantitative estimate of drug-likeness (QED) is 0.256. The molecule has 0 unspecified atom stereocenters. The molecule has 0 aromatic heterocycles. The van der Waals surface area contributed by atoms with E-state index in [1.165, 1.54) is 0 Å². The van der Waals surface area contributed by atoms with Crippen LogP contribution >= 0.6 is 0 Å². The number of guanidine groups is 2. The average Bonchev–Trinajstić information content (AvgIpc) is 1.99. The smallest absolute Gasteiger partial charge is 0.292 e. The van der Waals surface area contributed by atoms with E-state index in [4.69, 9.17) is 17.2 Å². The topological polar surface area (TPSA) is 138 Å². The van der Waals surface area contributed by atoms with Gasteiger partial charge in [-0.3, -0.25) is 11.1 Å². The first-order valence-corrected chi connectivity index (χ1v) is 4.10. The Bertz CT molecular complexity index is 266. The lowest BCUT2D eigenvalue weighted by Crippen LogP contribution is -2.61. The van der Waals surface area contributed by atoms with Gasteiger partial charge in [-0.1, -0.05) is 0 Å². The first-order valence-electron chi connectivity index (χ1n) is 4.10. The second kappa shape index (κ2) is 3.40. The number of rotatable bonds is 2. The summed E-state index contributed by atoms with van der Waals surface area (Å²) in [4.78, 5) is 7.51. The maximum Gasteiger partial charge on any atom is 0.292 e. The number of hydrogen-bond donors (Lipinski definition) is 5. The highest BCUT2D eigenvalue weighted by atomic mass is 16.5. The molecule has 0 fully saturated rings. The summed E-state index contributed by atoms with van der Waals surface area (Å²) in [6, 6.07) is -0.258. The molecule has 8 nitrogen and oxygen atoms in total. The van der Waals surface area contributed by atoms with Crippen LogP contribution in [0.5, 0.6) is 0 Å². The van der Waals surface area contributed by atoms with Crippen molar-refractivity contribution in [1.29, 1.82) is 0 Å². The summed E-state index contributed by atoms with van der Waals surface area (Å²) in [5.41, 5.74) is 16.5. The van der Waals surface area contributed by atoms with Gasteiger partial charge in [-0.15, -0.1) is 5.06 Å². The van der Waals surface area contributed by atoms with E-state index in [0.29, 0.717) is 0 Å². The molecule has 0 radical (unpaired) electrons. The fraction of sp³-hybridized carbons (Fsp3) is 0.667. The van der Waals surface area contributed by atoms with Crippen LogP contribution in [0.15, 0.2) is 9.98 Å². The van der Waals surface area contributed by atoms with Crippen LogP contribution < -0.4 is 22.5 Å². The lowest BCUT2D eigenvalue weighted by atomic mass is 10.3. The zero-order chi connectivity index (χ0) is 10.9.